The summed E-state index contributed by atoms with van der Waals surface area (Å²) in [5.74, 6) is -1.75. The molecule has 5 nitrogen and oxygen atoms in total. The van der Waals surface area contributed by atoms with Crippen LogP contribution in [0.3, 0.4) is 0 Å². The fraction of sp³-hybridized carbons (Fsp3) is 0.133. The summed E-state index contributed by atoms with van der Waals surface area (Å²) in [5.41, 5.74) is 0.610. The second kappa shape index (κ2) is 7.24. The highest BCUT2D eigenvalue weighted by Crippen LogP contribution is 2.25. The summed E-state index contributed by atoms with van der Waals surface area (Å²) in [7, 11) is 0. The van der Waals surface area contributed by atoms with Crippen LogP contribution in [0, 0.1) is 0 Å². The lowest BCUT2D eigenvalue weighted by Crippen LogP contribution is -2.42. The van der Waals surface area contributed by atoms with Gasteiger partial charge in [0.05, 0.1) is 0 Å². The van der Waals surface area contributed by atoms with Crippen LogP contribution < -0.4 is 5.32 Å². The lowest BCUT2D eigenvalue weighted by atomic mass is 10.1. The van der Waals surface area contributed by atoms with E-state index in [1.807, 2.05) is 0 Å². The Morgan fingerprint density at radius 2 is 1.82 bits per heavy atom. The van der Waals surface area contributed by atoms with Crippen LogP contribution in [0.4, 0.5) is 0 Å². The first-order chi connectivity index (χ1) is 10.5. The number of nitrogens with one attached hydrogen (secondary N) is 1. The van der Waals surface area contributed by atoms with E-state index in [1.54, 1.807) is 30.3 Å². The van der Waals surface area contributed by atoms with Gasteiger partial charge in [-0.05, 0) is 29.8 Å². The number of aliphatic carboxylic acids is 1. The first-order valence-corrected chi connectivity index (χ1v) is 7.12. The van der Waals surface area contributed by atoms with E-state index in [4.69, 9.17) is 23.2 Å². The Labute approximate surface area is 136 Å². The number of halogens is 2. The molecule has 22 heavy (non-hydrogen) atoms. The lowest BCUT2D eigenvalue weighted by Gasteiger charge is -2.16. The van der Waals surface area contributed by atoms with Crippen molar-refractivity contribution in [3.63, 3.8) is 0 Å². The van der Waals surface area contributed by atoms with Gasteiger partial charge in [-0.25, -0.2) is 4.79 Å². The smallest absolute Gasteiger partial charge is 0.326 e. The summed E-state index contributed by atoms with van der Waals surface area (Å²) in [4.78, 5) is 27.3. The molecule has 2 aromatic rings. The molecule has 114 valence electrons. The maximum absolute atomic E-state index is 12.0. The van der Waals surface area contributed by atoms with Crippen LogP contribution in [0.25, 0.3) is 0 Å². The Hall–Kier alpha value is -2.11. The lowest BCUT2D eigenvalue weighted by molar-refractivity contribution is -0.139. The van der Waals surface area contributed by atoms with E-state index in [-0.39, 0.29) is 12.1 Å². The van der Waals surface area contributed by atoms with E-state index in [0.717, 1.165) is 0 Å². The average molecular weight is 339 g/mol. The fourth-order valence-corrected chi connectivity index (χ4v) is 2.41. The first kappa shape index (κ1) is 16.3. The third kappa shape index (κ3) is 3.96. The zero-order chi connectivity index (χ0) is 16.1. The largest absolute Gasteiger partial charge is 0.480 e. The molecule has 0 radical (unpaired) electrons. The van der Waals surface area contributed by atoms with Gasteiger partial charge in [-0.2, -0.15) is 0 Å². The molecule has 1 aromatic carbocycles. The summed E-state index contributed by atoms with van der Waals surface area (Å²) >= 11 is 12.1. The van der Waals surface area contributed by atoms with E-state index in [1.165, 1.54) is 12.3 Å². The molecule has 0 aliphatic rings. The van der Waals surface area contributed by atoms with E-state index < -0.39 is 17.9 Å². The molecule has 7 heteroatoms. The molecule has 0 saturated heterocycles. The number of hydrogen-bond acceptors (Lipinski definition) is 3. The minimum absolute atomic E-state index is 0.0214. The van der Waals surface area contributed by atoms with Gasteiger partial charge in [-0.15, -0.1) is 0 Å². The van der Waals surface area contributed by atoms with Crippen molar-refractivity contribution in [2.75, 3.05) is 0 Å². The predicted octanol–water partition coefficient (Wildman–Crippen LogP) is 2.81. The number of pyridine rings is 1. The molecule has 0 saturated carbocycles. The molecule has 1 heterocycles. The molecule has 0 unspecified atom stereocenters. The molecule has 2 rings (SSSR count). The van der Waals surface area contributed by atoms with Crippen molar-refractivity contribution in [1.29, 1.82) is 0 Å². The van der Waals surface area contributed by atoms with Crippen LogP contribution in [0.5, 0.6) is 0 Å². The Morgan fingerprint density at radius 3 is 2.36 bits per heavy atom. The van der Waals surface area contributed by atoms with Crippen LogP contribution in [-0.2, 0) is 11.2 Å². The number of carboxylic acids is 1. The van der Waals surface area contributed by atoms with Crippen molar-refractivity contribution in [2.45, 2.75) is 12.5 Å². The van der Waals surface area contributed by atoms with Crippen LogP contribution in [0.1, 0.15) is 16.1 Å². The molecule has 1 atom stereocenters. The zero-order valence-corrected chi connectivity index (χ0v) is 12.8. The Kier molecular flexibility index (Phi) is 5.35. The van der Waals surface area contributed by atoms with Crippen molar-refractivity contribution in [3.05, 3.63) is 63.9 Å². The van der Waals surface area contributed by atoms with E-state index in [9.17, 15) is 14.7 Å². The van der Waals surface area contributed by atoms with Crippen LogP contribution in [0.2, 0.25) is 10.0 Å². The highest BCUT2D eigenvalue weighted by molar-refractivity contribution is 6.36. The molecule has 0 bridgehead atoms. The van der Waals surface area contributed by atoms with Gasteiger partial charge in [-0.3, -0.25) is 9.78 Å². The number of nitrogens with zero attached hydrogens (tertiary/aromatic N) is 1. The van der Waals surface area contributed by atoms with Gasteiger partial charge < -0.3 is 10.4 Å². The van der Waals surface area contributed by atoms with Crippen LogP contribution >= 0.6 is 23.2 Å². The van der Waals surface area contributed by atoms with E-state index in [0.29, 0.717) is 15.6 Å². The van der Waals surface area contributed by atoms with Gasteiger partial charge in [0.25, 0.3) is 5.91 Å². The molecule has 0 aliphatic heterocycles. The van der Waals surface area contributed by atoms with Gasteiger partial charge in [0.2, 0.25) is 0 Å². The molecule has 0 aliphatic carbocycles. The summed E-state index contributed by atoms with van der Waals surface area (Å²) in [6.07, 6.45) is 1.43. The normalized spacial score (nSPS) is 11.7. The third-order valence-corrected chi connectivity index (χ3v) is 3.68. The maximum Gasteiger partial charge on any atom is 0.326 e. The van der Waals surface area contributed by atoms with Crippen LogP contribution in [-0.4, -0.2) is 28.0 Å². The molecular formula is C15H12Cl2N2O3. The number of amides is 1. The number of rotatable bonds is 5. The summed E-state index contributed by atoms with van der Waals surface area (Å²) < 4.78 is 0. The second-order valence-electron chi connectivity index (χ2n) is 4.48. The monoisotopic (exact) mass is 338 g/mol. The molecule has 1 amide bonds. The van der Waals surface area contributed by atoms with E-state index in [2.05, 4.69) is 10.3 Å². The van der Waals surface area contributed by atoms with Crippen molar-refractivity contribution in [3.8, 4) is 0 Å². The molecule has 0 fully saturated rings. The maximum atomic E-state index is 12.0. The SMILES string of the molecule is O=C(N[C@@H](Cc1c(Cl)cccc1Cl)C(=O)O)c1ccccn1. The number of benzene rings is 1. The van der Waals surface area contributed by atoms with Crippen molar-refractivity contribution < 1.29 is 14.7 Å². The highest BCUT2D eigenvalue weighted by Gasteiger charge is 2.23. The number of carboxylic acid groups (broad SMARTS) is 1. The molecular weight excluding hydrogens is 327 g/mol. The van der Waals surface area contributed by atoms with Crippen molar-refractivity contribution in [1.82, 2.24) is 10.3 Å². The predicted molar refractivity (Wildman–Crippen MR) is 83.3 cm³/mol. The van der Waals surface area contributed by atoms with Crippen LogP contribution in [0.15, 0.2) is 42.6 Å². The summed E-state index contributed by atoms with van der Waals surface area (Å²) in [6.45, 7) is 0. The third-order valence-electron chi connectivity index (χ3n) is 2.97. The zero-order valence-electron chi connectivity index (χ0n) is 11.3. The average Bonchev–Trinajstić information content (AvgIpc) is 2.50. The van der Waals surface area contributed by atoms with Gasteiger partial charge in [0.15, 0.2) is 0 Å². The Morgan fingerprint density at radius 1 is 1.14 bits per heavy atom. The topological polar surface area (TPSA) is 79.3 Å². The summed E-state index contributed by atoms with van der Waals surface area (Å²) in [5, 5.41) is 12.4. The first-order valence-electron chi connectivity index (χ1n) is 6.36. The van der Waals surface area contributed by atoms with E-state index >= 15 is 0 Å². The van der Waals surface area contributed by atoms with Gasteiger partial charge >= 0.3 is 5.97 Å². The number of carbonyl (C=O) groups is 2. The minimum Gasteiger partial charge on any atom is -0.480 e. The fourth-order valence-electron chi connectivity index (χ4n) is 1.86. The number of aromatic nitrogens is 1. The standard InChI is InChI=1S/C15H12Cl2N2O3/c16-10-4-3-5-11(17)9(10)8-13(15(21)22)19-14(20)12-6-1-2-7-18-12/h1-7,13H,8H2,(H,19,20)(H,21,22)/t13-/m0/s1. The molecule has 2 N–H and O–H groups in total. The van der Waals surface area contributed by atoms with Crippen molar-refractivity contribution >= 4 is 35.1 Å². The quantitative estimate of drug-likeness (QED) is 0.878. The molecule has 1 aromatic heterocycles. The highest BCUT2D eigenvalue weighted by atomic mass is 35.5. The number of hydrogen-bond donors (Lipinski definition) is 2. The van der Waals surface area contributed by atoms with Gasteiger partial charge in [-0.1, -0.05) is 35.3 Å². The summed E-state index contributed by atoms with van der Waals surface area (Å²) in [6, 6.07) is 8.53. The number of carbonyl (C=O) groups excluding carboxylic acids is 1. The molecule has 0 spiro atoms. The Bertz CT molecular complexity index is 672. The van der Waals surface area contributed by atoms with Gasteiger partial charge in [0.1, 0.15) is 11.7 Å². The van der Waals surface area contributed by atoms with Crippen molar-refractivity contribution in [2.24, 2.45) is 0 Å². The second-order valence-corrected chi connectivity index (χ2v) is 5.30. The van der Waals surface area contributed by atoms with Gasteiger partial charge in [0, 0.05) is 22.7 Å². The minimum atomic E-state index is -1.18. The Balaban J connectivity index is 2.18.